The Labute approximate surface area is 88.8 Å². The Hall–Kier alpha value is -0.610. The number of nitrogens with one attached hydrogen (secondary N) is 1. The van der Waals surface area contributed by atoms with E-state index in [4.69, 9.17) is 23.2 Å². The zero-order valence-corrected chi connectivity index (χ0v) is 8.34. The summed E-state index contributed by atoms with van der Waals surface area (Å²) in [6, 6.07) is 4.28. The Morgan fingerprint density at radius 3 is 2.43 bits per heavy atom. The lowest BCUT2D eigenvalue weighted by Gasteiger charge is -2.10. The summed E-state index contributed by atoms with van der Waals surface area (Å²) in [6.45, 7) is -1.13. The van der Waals surface area contributed by atoms with E-state index in [2.05, 4.69) is 5.32 Å². The molecule has 78 valence electrons. The maximum atomic E-state index is 11.8. The highest BCUT2D eigenvalue weighted by atomic mass is 35.5. The number of halogens is 5. The van der Waals surface area contributed by atoms with Crippen molar-refractivity contribution in [2.45, 2.75) is 6.18 Å². The van der Waals surface area contributed by atoms with Crippen molar-refractivity contribution in [3.63, 3.8) is 0 Å². The van der Waals surface area contributed by atoms with Gasteiger partial charge in [0.2, 0.25) is 0 Å². The molecular formula is C8H6Cl2F3N. The molecule has 0 saturated heterocycles. The normalized spacial score (nSPS) is 11.5. The summed E-state index contributed by atoms with van der Waals surface area (Å²) in [5.74, 6) is 0. The summed E-state index contributed by atoms with van der Waals surface area (Å²) in [5, 5.41) is 2.69. The number of anilines is 1. The van der Waals surface area contributed by atoms with Gasteiger partial charge in [-0.25, -0.2) is 0 Å². The van der Waals surface area contributed by atoms with Gasteiger partial charge in [-0.3, -0.25) is 0 Å². The van der Waals surface area contributed by atoms with E-state index < -0.39 is 12.7 Å². The third-order valence-corrected chi connectivity index (χ3v) is 1.97. The van der Waals surface area contributed by atoms with Gasteiger partial charge in [-0.05, 0) is 18.2 Å². The predicted molar refractivity (Wildman–Crippen MR) is 51.0 cm³/mol. The molecule has 0 aliphatic rings. The average Bonchev–Trinajstić information content (AvgIpc) is 2.05. The van der Waals surface area contributed by atoms with Gasteiger partial charge in [0.05, 0.1) is 10.7 Å². The second-order valence-electron chi connectivity index (χ2n) is 2.59. The Kier molecular flexibility index (Phi) is 3.50. The first-order valence-corrected chi connectivity index (χ1v) is 4.40. The molecule has 0 saturated carbocycles. The standard InChI is InChI=1S/C8H6Cl2F3N/c9-5-1-2-6(10)7(3-5)14-4-8(11,12)13/h1-3,14H,4H2. The van der Waals surface area contributed by atoms with Crippen LogP contribution in [-0.4, -0.2) is 12.7 Å². The van der Waals surface area contributed by atoms with Crippen LogP contribution in [0.4, 0.5) is 18.9 Å². The molecule has 1 rings (SSSR count). The molecule has 6 heteroatoms. The van der Waals surface area contributed by atoms with Gasteiger partial charge in [0.1, 0.15) is 6.54 Å². The van der Waals surface area contributed by atoms with E-state index in [1.54, 1.807) is 0 Å². The number of hydrogen-bond acceptors (Lipinski definition) is 1. The van der Waals surface area contributed by atoms with Gasteiger partial charge in [0.15, 0.2) is 0 Å². The van der Waals surface area contributed by atoms with Crippen LogP contribution in [0.15, 0.2) is 18.2 Å². The highest BCUT2D eigenvalue weighted by Crippen LogP contribution is 2.26. The SMILES string of the molecule is FC(F)(F)CNc1cc(Cl)ccc1Cl. The summed E-state index contributed by atoms with van der Waals surface area (Å²) in [4.78, 5) is 0. The lowest BCUT2D eigenvalue weighted by Crippen LogP contribution is -2.21. The number of hydrogen-bond donors (Lipinski definition) is 1. The van der Waals surface area contributed by atoms with Gasteiger partial charge in [0, 0.05) is 5.02 Å². The first-order chi connectivity index (χ1) is 6.38. The van der Waals surface area contributed by atoms with E-state index in [1.165, 1.54) is 18.2 Å². The Balaban J connectivity index is 2.72. The monoisotopic (exact) mass is 243 g/mol. The summed E-state index contributed by atoms with van der Waals surface area (Å²) in [7, 11) is 0. The van der Waals surface area contributed by atoms with Gasteiger partial charge >= 0.3 is 6.18 Å². The molecular weight excluding hydrogens is 238 g/mol. The molecule has 14 heavy (non-hydrogen) atoms. The van der Waals surface area contributed by atoms with Gasteiger partial charge in [0.25, 0.3) is 0 Å². The van der Waals surface area contributed by atoms with Gasteiger partial charge < -0.3 is 5.32 Å². The Bertz CT molecular complexity index is 325. The maximum Gasteiger partial charge on any atom is 0.405 e. The molecule has 0 aliphatic heterocycles. The molecule has 0 fully saturated rings. The van der Waals surface area contributed by atoms with Crippen LogP contribution in [0.25, 0.3) is 0 Å². The molecule has 0 atom stereocenters. The smallest absolute Gasteiger partial charge is 0.375 e. The van der Waals surface area contributed by atoms with Crippen LogP contribution in [0.3, 0.4) is 0 Å². The van der Waals surface area contributed by atoms with Crippen molar-refractivity contribution in [1.82, 2.24) is 0 Å². The third-order valence-electron chi connectivity index (χ3n) is 1.41. The molecule has 0 radical (unpaired) electrons. The van der Waals surface area contributed by atoms with Crippen LogP contribution in [-0.2, 0) is 0 Å². The first-order valence-electron chi connectivity index (χ1n) is 3.64. The number of benzene rings is 1. The van der Waals surface area contributed by atoms with E-state index in [0.717, 1.165) is 0 Å². The van der Waals surface area contributed by atoms with E-state index in [1.807, 2.05) is 0 Å². The van der Waals surface area contributed by atoms with Crippen molar-refractivity contribution in [2.24, 2.45) is 0 Å². The van der Waals surface area contributed by atoms with Crippen LogP contribution < -0.4 is 5.32 Å². The summed E-state index contributed by atoms with van der Waals surface area (Å²) in [5.41, 5.74) is 0.177. The van der Waals surface area contributed by atoms with Crippen LogP contribution >= 0.6 is 23.2 Å². The van der Waals surface area contributed by atoms with Crippen molar-refractivity contribution < 1.29 is 13.2 Å². The molecule has 1 aromatic carbocycles. The van der Waals surface area contributed by atoms with E-state index in [9.17, 15) is 13.2 Å². The molecule has 1 N–H and O–H groups in total. The highest BCUT2D eigenvalue weighted by molar-refractivity contribution is 6.35. The largest absolute Gasteiger partial charge is 0.405 e. The molecule has 0 amide bonds. The van der Waals surface area contributed by atoms with Gasteiger partial charge in [-0.15, -0.1) is 0 Å². The molecule has 1 aromatic rings. The zero-order valence-electron chi connectivity index (χ0n) is 6.83. The highest BCUT2D eigenvalue weighted by Gasteiger charge is 2.26. The topological polar surface area (TPSA) is 12.0 Å². The summed E-state index contributed by atoms with van der Waals surface area (Å²) < 4.78 is 35.5. The second kappa shape index (κ2) is 4.28. The van der Waals surface area contributed by atoms with Crippen molar-refractivity contribution in [1.29, 1.82) is 0 Å². The van der Waals surface area contributed by atoms with E-state index in [-0.39, 0.29) is 10.7 Å². The van der Waals surface area contributed by atoms with Gasteiger partial charge in [-0.1, -0.05) is 23.2 Å². The quantitative estimate of drug-likeness (QED) is 0.829. The average molecular weight is 244 g/mol. The minimum Gasteiger partial charge on any atom is -0.375 e. The van der Waals surface area contributed by atoms with Crippen molar-refractivity contribution in [3.05, 3.63) is 28.2 Å². The fourth-order valence-corrected chi connectivity index (χ4v) is 1.18. The minimum atomic E-state index is -4.27. The van der Waals surface area contributed by atoms with E-state index >= 15 is 0 Å². The molecule has 0 aliphatic carbocycles. The molecule has 0 aromatic heterocycles. The Morgan fingerprint density at radius 1 is 1.21 bits per heavy atom. The van der Waals surface area contributed by atoms with Crippen molar-refractivity contribution >= 4 is 28.9 Å². The maximum absolute atomic E-state index is 11.8. The lowest BCUT2D eigenvalue weighted by atomic mass is 10.3. The number of rotatable bonds is 2. The van der Waals surface area contributed by atoms with Crippen LogP contribution in [0.5, 0.6) is 0 Å². The second-order valence-corrected chi connectivity index (χ2v) is 3.44. The zero-order chi connectivity index (χ0) is 10.8. The summed E-state index contributed by atoms with van der Waals surface area (Å²) >= 11 is 11.2. The summed E-state index contributed by atoms with van der Waals surface area (Å²) in [6.07, 6.45) is -4.27. The fraction of sp³-hybridized carbons (Fsp3) is 0.250. The lowest BCUT2D eigenvalue weighted by molar-refractivity contribution is -0.115. The first kappa shape index (κ1) is 11.5. The molecule has 0 heterocycles. The third kappa shape index (κ3) is 3.64. The van der Waals surface area contributed by atoms with Crippen molar-refractivity contribution in [2.75, 3.05) is 11.9 Å². The van der Waals surface area contributed by atoms with Crippen LogP contribution in [0.2, 0.25) is 10.0 Å². The molecule has 1 nitrogen and oxygen atoms in total. The number of alkyl halides is 3. The van der Waals surface area contributed by atoms with Crippen molar-refractivity contribution in [3.8, 4) is 0 Å². The predicted octanol–water partition coefficient (Wildman–Crippen LogP) is 3.97. The van der Waals surface area contributed by atoms with Gasteiger partial charge in [-0.2, -0.15) is 13.2 Å². The van der Waals surface area contributed by atoms with Crippen LogP contribution in [0, 0.1) is 0 Å². The molecule has 0 spiro atoms. The van der Waals surface area contributed by atoms with E-state index in [0.29, 0.717) is 5.02 Å². The molecule has 0 unspecified atom stereocenters. The molecule has 0 bridgehead atoms. The van der Waals surface area contributed by atoms with Crippen LogP contribution in [0.1, 0.15) is 0 Å². The fourth-order valence-electron chi connectivity index (χ4n) is 0.828. The Morgan fingerprint density at radius 2 is 1.86 bits per heavy atom. The minimum absolute atomic E-state index is 0.177.